The van der Waals surface area contributed by atoms with Crippen molar-refractivity contribution in [3.63, 3.8) is 0 Å². The minimum Gasteiger partial charge on any atom is -0.274 e. The highest BCUT2D eigenvalue weighted by molar-refractivity contribution is 6.23. The van der Waals surface area contributed by atoms with Crippen LogP contribution in [0.5, 0.6) is 0 Å². The molecule has 3 nitrogen and oxygen atoms in total. The number of fused-ring (bicyclic) bond motifs is 3. The second-order valence-corrected chi connectivity index (χ2v) is 7.52. The topological polar surface area (TPSA) is 37.4 Å². The average Bonchev–Trinajstić information content (AvgIpc) is 3.07. The van der Waals surface area contributed by atoms with Gasteiger partial charge in [0.1, 0.15) is 0 Å². The fraction of sp³-hybridized carbons (Fsp3) is 0.474. The fourth-order valence-electron chi connectivity index (χ4n) is 5.37. The molecule has 2 amide bonds. The van der Waals surface area contributed by atoms with Crippen LogP contribution in [-0.2, 0) is 9.59 Å². The molecular weight excluding hydrogens is 274 g/mol. The summed E-state index contributed by atoms with van der Waals surface area (Å²) in [6, 6.07) is 5.94. The average molecular weight is 293 g/mol. The van der Waals surface area contributed by atoms with Gasteiger partial charge in [0.15, 0.2) is 0 Å². The van der Waals surface area contributed by atoms with Crippen LogP contribution in [0.15, 0.2) is 30.4 Å². The molecule has 4 aliphatic rings. The second-order valence-electron chi connectivity index (χ2n) is 7.52. The van der Waals surface area contributed by atoms with Gasteiger partial charge >= 0.3 is 0 Å². The number of carbonyl (C=O) groups is 2. The minimum absolute atomic E-state index is 0.0325. The Labute approximate surface area is 130 Å². The van der Waals surface area contributed by atoms with E-state index in [1.807, 2.05) is 32.0 Å². The molecule has 0 N–H and O–H groups in total. The van der Waals surface area contributed by atoms with Crippen LogP contribution < -0.4 is 4.90 Å². The number of carbonyl (C=O) groups excluding carboxylic acids is 2. The molecular formula is C19H19NO2. The predicted octanol–water partition coefficient (Wildman–Crippen LogP) is 3.01. The molecule has 3 fully saturated rings. The van der Waals surface area contributed by atoms with Crippen LogP contribution in [0, 0.1) is 42.9 Å². The maximum atomic E-state index is 13.0. The third-order valence-corrected chi connectivity index (χ3v) is 6.45. The number of benzene rings is 1. The maximum Gasteiger partial charge on any atom is 0.238 e. The van der Waals surface area contributed by atoms with Gasteiger partial charge < -0.3 is 0 Å². The van der Waals surface area contributed by atoms with E-state index in [1.165, 1.54) is 17.7 Å². The van der Waals surface area contributed by atoms with Crippen molar-refractivity contribution in [1.29, 1.82) is 0 Å². The molecule has 3 aliphatic carbocycles. The molecule has 2 saturated carbocycles. The van der Waals surface area contributed by atoms with Gasteiger partial charge in [0.05, 0.1) is 17.5 Å². The zero-order valence-electron chi connectivity index (χ0n) is 12.9. The standard InChI is InChI=1S/C19H19NO2/c1-10-3-6-14(11(2)9-10)20-17(21)15-12-4-5-13(16(15)18(20)22)19(12)7-8-19/h3-6,9,12-13,15-16H,7-8H2,1-2H3/t12-,13-,15-,16-/m1/s1. The molecule has 112 valence electrons. The molecule has 0 aromatic heterocycles. The van der Waals surface area contributed by atoms with E-state index in [1.54, 1.807) is 0 Å². The number of rotatable bonds is 1. The van der Waals surface area contributed by atoms with Crippen LogP contribution in [0.3, 0.4) is 0 Å². The van der Waals surface area contributed by atoms with E-state index < -0.39 is 0 Å². The highest BCUT2D eigenvalue weighted by atomic mass is 16.2. The van der Waals surface area contributed by atoms with Gasteiger partial charge in [0.25, 0.3) is 0 Å². The van der Waals surface area contributed by atoms with Crippen molar-refractivity contribution >= 4 is 17.5 Å². The lowest BCUT2D eigenvalue weighted by molar-refractivity contribution is -0.123. The van der Waals surface area contributed by atoms with Gasteiger partial charge in [-0.3, -0.25) is 9.59 Å². The molecule has 1 aromatic carbocycles. The van der Waals surface area contributed by atoms with Crippen molar-refractivity contribution in [2.45, 2.75) is 26.7 Å². The Balaban J connectivity index is 1.59. The molecule has 22 heavy (non-hydrogen) atoms. The summed E-state index contributed by atoms with van der Waals surface area (Å²) >= 11 is 0. The fourth-order valence-corrected chi connectivity index (χ4v) is 5.37. The summed E-state index contributed by atoms with van der Waals surface area (Å²) in [6.07, 6.45) is 6.81. The van der Waals surface area contributed by atoms with Gasteiger partial charge in [-0.25, -0.2) is 4.90 Å². The highest BCUT2D eigenvalue weighted by Gasteiger charge is 2.73. The van der Waals surface area contributed by atoms with Crippen molar-refractivity contribution in [3.05, 3.63) is 41.5 Å². The third kappa shape index (κ3) is 1.25. The Hall–Kier alpha value is -1.90. The van der Waals surface area contributed by atoms with Crippen molar-refractivity contribution in [2.24, 2.45) is 29.1 Å². The molecule has 5 rings (SSSR count). The number of imide groups is 1. The first-order chi connectivity index (χ1) is 10.5. The van der Waals surface area contributed by atoms with E-state index in [9.17, 15) is 9.59 Å². The van der Waals surface area contributed by atoms with Gasteiger partial charge in [-0.2, -0.15) is 0 Å². The van der Waals surface area contributed by atoms with Crippen LogP contribution in [0.1, 0.15) is 24.0 Å². The Morgan fingerprint density at radius 2 is 1.59 bits per heavy atom. The van der Waals surface area contributed by atoms with Gasteiger partial charge in [0.2, 0.25) is 11.8 Å². The third-order valence-electron chi connectivity index (χ3n) is 6.45. The lowest BCUT2D eigenvalue weighted by Crippen LogP contribution is -2.35. The number of hydrogen-bond donors (Lipinski definition) is 0. The number of hydrogen-bond acceptors (Lipinski definition) is 2. The quantitative estimate of drug-likeness (QED) is 0.589. The highest BCUT2D eigenvalue weighted by Crippen LogP contribution is 2.73. The summed E-state index contributed by atoms with van der Waals surface area (Å²) < 4.78 is 0. The Morgan fingerprint density at radius 1 is 1.00 bits per heavy atom. The number of allylic oxidation sites excluding steroid dienone is 2. The molecule has 1 saturated heterocycles. The molecule has 4 atom stereocenters. The first-order valence-electron chi connectivity index (χ1n) is 8.18. The molecule has 2 bridgehead atoms. The monoisotopic (exact) mass is 293 g/mol. The zero-order valence-corrected chi connectivity index (χ0v) is 12.9. The van der Waals surface area contributed by atoms with E-state index in [0.29, 0.717) is 11.8 Å². The molecule has 0 unspecified atom stereocenters. The number of nitrogens with zero attached hydrogens (tertiary/aromatic N) is 1. The van der Waals surface area contributed by atoms with E-state index in [-0.39, 0.29) is 29.1 Å². The smallest absolute Gasteiger partial charge is 0.238 e. The van der Waals surface area contributed by atoms with Crippen molar-refractivity contribution in [1.82, 2.24) is 0 Å². The summed E-state index contributed by atoms with van der Waals surface area (Å²) in [5.41, 5.74) is 3.20. The van der Waals surface area contributed by atoms with Crippen LogP contribution >= 0.6 is 0 Å². The Morgan fingerprint density at radius 3 is 2.09 bits per heavy atom. The zero-order chi connectivity index (χ0) is 15.2. The lowest BCUT2D eigenvalue weighted by Gasteiger charge is -2.23. The van der Waals surface area contributed by atoms with Crippen LogP contribution in [0.4, 0.5) is 5.69 Å². The van der Waals surface area contributed by atoms with Gasteiger partial charge in [-0.1, -0.05) is 29.8 Å². The molecule has 1 spiro atoms. The molecule has 1 aliphatic heterocycles. The SMILES string of the molecule is Cc1ccc(N2C(=O)[C@H]3[C@H](C2=O)[C@H]2C=C[C@H]3C23CC3)c(C)c1. The lowest BCUT2D eigenvalue weighted by atomic mass is 9.85. The van der Waals surface area contributed by atoms with Crippen LogP contribution in [-0.4, -0.2) is 11.8 Å². The van der Waals surface area contributed by atoms with Crippen LogP contribution in [0.2, 0.25) is 0 Å². The molecule has 3 heteroatoms. The molecule has 1 heterocycles. The first-order valence-corrected chi connectivity index (χ1v) is 8.18. The van der Waals surface area contributed by atoms with Gasteiger partial charge in [-0.05, 0) is 55.6 Å². The van der Waals surface area contributed by atoms with E-state index in [4.69, 9.17) is 0 Å². The minimum atomic E-state index is -0.106. The van der Waals surface area contributed by atoms with Crippen molar-refractivity contribution in [3.8, 4) is 0 Å². The molecule has 0 radical (unpaired) electrons. The summed E-state index contributed by atoms with van der Waals surface area (Å²) in [4.78, 5) is 27.5. The van der Waals surface area contributed by atoms with Crippen molar-refractivity contribution < 1.29 is 9.59 Å². The maximum absolute atomic E-state index is 13.0. The normalized spacial score (nSPS) is 36.5. The largest absolute Gasteiger partial charge is 0.274 e. The Bertz CT molecular complexity index is 725. The summed E-state index contributed by atoms with van der Waals surface area (Å²) in [7, 11) is 0. The molecule has 1 aromatic rings. The number of anilines is 1. The van der Waals surface area contributed by atoms with E-state index in [0.717, 1.165) is 16.8 Å². The second kappa shape index (κ2) is 3.70. The van der Waals surface area contributed by atoms with E-state index in [2.05, 4.69) is 12.2 Å². The predicted molar refractivity (Wildman–Crippen MR) is 83.2 cm³/mol. The van der Waals surface area contributed by atoms with Crippen LogP contribution in [0.25, 0.3) is 0 Å². The Kier molecular flexibility index (Phi) is 2.13. The summed E-state index contributed by atoms with van der Waals surface area (Å²) in [5.74, 6) is 0.455. The van der Waals surface area contributed by atoms with Crippen molar-refractivity contribution in [2.75, 3.05) is 4.90 Å². The summed E-state index contributed by atoms with van der Waals surface area (Å²) in [6.45, 7) is 4.01. The van der Waals surface area contributed by atoms with Gasteiger partial charge in [-0.15, -0.1) is 0 Å². The van der Waals surface area contributed by atoms with Gasteiger partial charge in [0, 0.05) is 0 Å². The van der Waals surface area contributed by atoms with E-state index >= 15 is 0 Å². The first kappa shape index (κ1) is 12.6. The number of amides is 2. The summed E-state index contributed by atoms with van der Waals surface area (Å²) in [5, 5.41) is 0. The number of aryl methyl sites for hydroxylation is 2.